The van der Waals surface area contributed by atoms with Crippen molar-refractivity contribution in [1.82, 2.24) is 9.13 Å². The van der Waals surface area contributed by atoms with E-state index in [1.54, 1.807) is 0 Å². The van der Waals surface area contributed by atoms with Gasteiger partial charge in [0, 0.05) is 64.6 Å². The quantitative estimate of drug-likeness (QED) is 0.188. The van der Waals surface area contributed by atoms with Crippen molar-refractivity contribution >= 4 is 66.4 Å². The monoisotopic (exact) mass is 644 g/mol. The maximum Gasteiger partial charge on any atom is 0.222 e. The third-order valence-corrected chi connectivity index (χ3v) is 10.3. The van der Waals surface area contributed by atoms with E-state index in [4.69, 9.17) is 9.73 Å². The van der Waals surface area contributed by atoms with Gasteiger partial charge in [0.25, 0.3) is 0 Å². The van der Waals surface area contributed by atoms with E-state index < -0.39 is 0 Å². The molecule has 6 aromatic carbocycles. The van der Waals surface area contributed by atoms with Crippen LogP contribution < -0.4 is 0 Å². The largest absolute Gasteiger partial charge is 0.438 e. The lowest BCUT2D eigenvalue weighted by Crippen LogP contribution is -2.04. The van der Waals surface area contributed by atoms with Crippen LogP contribution in [0.4, 0.5) is 0 Å². The van der Waals surface area contributed by atoms with E-state index in [2.05, 4.69) is 160 Å². The summed E-state index contributed by atoms with van der Waals surface area (Å²) in [5.41, 5.74) is 13.4. The fraction of sp³-hybridized carbons (Fsp3) is 0.0667. The average Bonchev–Trinajstić information content (AvgIpc) is 3.91. The molecule has 0 radical (unpaired) electrons. The van der Waals surface area contributed by atoms with Crippen LogP contribution in [0.15, 0.2) is 167 Å². The molecule has 0 N–H and O–H groups in total. The molecule has 2 aromatic heterocycles. The van der Waals surface area contributed by atoms with Crippen LogP contribution >= 0.6 is 0 Å². The number of para-hydroxylation sites is 4. The highest BCUT2D eigenvalue weighted by molar-refractivity contribution is 6.36. The van der Waals surface area contributed by atoms with Crippen LogP contribution in [-0.2, 0) is 4.74 Å². The minimum atomic E-state index is 0.649. The Labute approximate surface area is 289 Å². The summed E-state index contributed by atoms with van der Waals surface area (Å²) in [6.07, 6.45) is 0.684. The van der Waals surface area contributed by atoms with Crippen molar-refractivity contribution in [3.8, 4) is 11.4 Å². The lowest BCUT2D eigenvalue weighted by Gasteiger charge is -2.11. The molecule has 10 rings (SSSR count). The molecule has 1 aliphatic carbocycles. The highest BCUT2D eigenvalue weighted by Gasteiger charge is 2.39. The van der Waals surface area contributed by atoms with Gasteiger partial charge in [-0.1, -0.05) is 84.9 Å². The van der Waals surface area contributed by atoms with Gasteiger partial charge >= 0.3 is 0 Å². The fourth-order valence-corrected chi connectivity index (χ4v) is 8.12. The molecule has 0 bridgehead atoms. The smallest absolute Gasteiger partial charge is 0.222 e. The molecule has 0 atom stereocenters. The zero-order valence-corrected chi connectivity index (χ0v) is 27.8. The number of ether oxygens (including phenoxy) is 1. The number of hydrogen-bond donors (Lipinski definition) is 0. The molecule has 5 nitrogen and oxygen atoms in total. The van der Waals surface area contributed by atoms with Gasteiger partial charge in [-0.3, -0.25) is 9.98 Å². The van der Waals surface area contributed by atoms with E-state index in [0.717, 1.165) is 50.7 Å². The van der Waals surface area contributed by atoms with Gasteiger partial charge in [0.1, 0.15) is 5.76 Å². The van der Waals surface area contributed by atoms with Crippen molar-refractivity contribution in [2.24, 2.45) is 9.98 Å². The molecule has 0 unspecified atom stereocenters. The normalized spacial score (nSPS) is 16.2. The zero-order chi connectivity index (χ0) is 33.3. The van der Waals surface area contributed by atoms with Gasteiger partial charge in [0.2, 0.25) is 5.90 Å². The Hall–Kier alpha value is -6.46. The van der Waals surface area contributed by atoms with E-state index in [1.807, 2.05) is 14.1 Å². The zero-order valence-electron chi connectivity index (χ0n) is 27.8. The Balaban J connectivity index is 1.17. The lowest BCUT2D eigenvalue weighted by molar-refractivity contribution is 0.449. The topological polar surface area (TPSA) is 43.8 Å². The molecular formula is C45H32N4O. The van der Waals surface area contributed by atoms with E-state index in [0.29, 0.717) is 12.3 Å². The Kier molecular flexibility index (Phi) is 6.30. The SMILES string of the molecule is CN=C1CC2=C(c3ccc4c(c3)c3ccccc3n4-c3ccccc3)C(=NC)OC2=C1c1ccc2c(c1)c1ccccc1n2-c1ccccc1. The average molecular weight is 645 g/mol. The van der Waals surface area contributed by atoms with Crippen molar-refractivity contribution in [2.45, 2.75) is 6.42 Å². The van der Waals surface area contributed by atoms with Crippen molar-refractivity contribution in [1.29, 1.82) is 0 Å². The van der Waals surface area contributed by atoms with Crippen LogP contribution in [0, 0.1) is 0 Å². The van der Waals surface area contributed by atoms with Gasteiger partial charge in [-0.15, -0.1) is 0 Å². The first-order valence-electron chi connectivity index (χ1n) is 17.0. The first kappa shape index (κ1) is 28.5. The molecule has 1 aliphatic heterocycles. The molecule has 5 heteroatoms. The van der Waals surface area contributed by atoms with E-state index >= 15 is 0 Å². The van der Waals surface area contributed by atoms with Gasteiger partial charge in [-0.2, -0.15) is 0 Å². The second-order valence-electron chi connectivity index (χ2n) is 12.9. The second-order valence-corrected chi connectivity index (χ2v) is 12.9. The maximum absolute atomic E-state index is 6.71. The number of nitrogens with zero attached hydrogens (tertiary/aromatic N) is 4. The molecule has 2 aliphatic rings. The van der Waals surface area contributed by atoms with Crippen LogP contribution in [0.25, 0.3) is 66.1 Å². The van der Waals surface area contributed by atoms with Crippen LogP contribution in [0.1, 0.15) is 17.5 Å². The molecule has 0 saturated heterocycles. The van der Waals surface area contributed by atoms with E-state index in [1.165, 1.54) is 43.6 Å². The van der Waals surface area contributed by atoms with E-state index in [9.17, 15) is 0 Å². The molecular weight excluding hydrogens is 613 g/mol. The van der Waals surface area contributed by atoms with Gasteiger partial charge in [-0.25, -0.2) is 0 Å². The first-order valence-corrected chi connectivity index (χ1v) is 17.0. The maximum atomic E-state index is 6.71. The van der Waals surface area contributed by atoms with Crippen molar-refractivity contribution in [3.63, 3.8) is 0 Å². The summed E-state index contributed by atoms with van der Waals surface area (Å²) in [6, 6.07) is 51.9. The molecule has 0 saturated carbocycles. The van der Waals surface area contributed by atoms with Gasteiger partial charge in [0.05, 0.1) is 33.4 Å². The van der Waals surface area contributed by atoms with Gasteiger partial charge in [-0.05, 0) is 71.8 Å². The molecule has 0 amide bonds. The number of benzene rings is 6. The van der Waals surface area contributed by atoms with Crippen molar-refractivity contribution in [3.05, 3.63) is 168 Å². The predicted molar refractivity (Wildman–Crippen MR) is 208 cm³/mol. The standard InChI is InChI=1S/C45H32N4O/c1-46-37-27-36-42(28-21-23-40-34(25-28)32-17-9-11-19-38(32)48(40)30-13-5-3-6-14-30)45(47-2)50-44(36)43(37)29-22-24-41-35(26-29)33-18-10-12-20-39(33)49(41)31-15-7-4-8-16-31/h3-26H,27H2,1-2H3. The molecule has 3 heterocycles. The minimum Gasteiger partial charge on any atom is -0.438 e. The van der Waals surface area contributed by atoms with Gasteiger partial charge in [0.15, 0.2) is 0 Å². The minimum absolute atomic E-state index is 0.649. The van der Waals surface area contributed by atoms with Crippen LogP contribution in [0.3, 0.4) is 0 Å². The third-order valence-electron chi connectivity index (χ3n) is 10.3. The number of aliphatic imine (C=N–C) groups is 2. The first-order chi connectivity index (χ1) is 24.7. The van der Waals surface area contributed by atoms with Crippen LogP contribution in [0.5, 0.6) is 0 Å². The molecule has 0 spiro atoms. The molecule has 50 heavy (non-hydrogen) atoms. The lowest BCUT2D eigenvalue weighted by atomic mass is 9.98. The Morgan fingerprint density at radius 3 is 1.48 bits per heavy atom. The summed E-state index contributed by atoms with van der Waals surface area (Å²) >= 11 is 0. The summed E-state index contributed by atoms with van der Waals surface area (Å²) in [4.78, 5) is 9.51. The Morgan fingerprint density at radius 1 is 0.480 bits per heavy atom. The van der Waals surface area contributed by atoms with Crippen LogP contribution in [-0.4, -0.2) is 34.8 Å². The number of fused-ring (bicyclic) bond motifs is 7. The highest BCUT2D eigenvalue weighted by Crippen LogP contribution is 2.47. The summed E-state index contributed by atoms with van der Waals surface area (Å²) in [6.45, 7) is 0. The molecule has 0 fully saturated rings. The summed E-state index contributed by atoms with van der Waals surface area (Å²) in [5, 5.41) is 4.83. The number of allylic oxidation sites excluding steroid dienone is 2. The predicted octanol–water partition coefficient (Wildman–Crippen LogP) is 10.6. The number of hydrogen-bond acceptors (Lipinski definition) is 3. The third kappa shape index (κ3) is 4.07. The van der Waals surface area contributed by atoms with Crippen molar-refractivity contribution in [2.75, 3.05) is 14.1 Å². The van der Waals surface area contributed by atoms with Crippen molar-refractivity contribution < 1.29 is 4.74 Å². The highest BCUT2D eigenvalue weighted by atomic mass is 16.5. The van der Waals surface area contributed by atoms with Crippen LogP contribution in [0.2, 0.25) is 0 Å². The summed E-state index contributed by atoms with van der Waals surface area (Å²) in [5.74, 6) is 1.51. The summed E-state index contributed by atoms with van der Waals surface area (Å²) < 4.78 is 11.4. The van der Waals surface area contributed by atoms with Gasteiger partial charge < -0.3 is 13.9 Å². The Morgan fingerprint density at radius 2 is 0.960 bits per heavy atom. The molecule has 238 valence electrons. The number of aromatic nitrogens is 2. The molecule has 8 aromatic rings. The summed E-state index contributed by atoms with van der Waals surface area (Å²) in [7, 11) is 3.70. The Bertz CT molecular complexity index is 2620. The van der Waals surface area contributed by atoms with E-state index in [-0.39, 0.29) is 0 Å². The fourth-order valence-electron chi connectivity index (χ4n) is 8.12. The second kappa shape index (κ2) is 11.0. The number of rotatable bonds is 4.